The molecule has 8 nitrogen and oxygen atoms in total. The topological polar surface area (TPSA) is 105 Å². The van der Waals surface area contributed by atoms with Crippen molar-refractivity contribution in [2.24, 2.45) is 0 Å². The lowest BCUT2D eigenvalue weighted by atomic mass is 10.0. The third-order valence-corrected chi connectivity index (χ3v) is 7.05. The van der Waals surface area contributed by atoms with Crippen molar-refractivity contribution in [2.45, 2.75) is 45.1 Å². The number of hydrogen-bond donors (Lipinski definition) is 3. The molecule has 40 heavy (non-hydrogen) atoms. The first kappa shape index (κ1) is 26.9. The Hall–Kier alpha value is -4.66. The molecule has 0 bridgehead atoms. The fourth-order valence-corrected chi connectivity index (χ4v) is 4.99. The Labute approximate surface area is 231 Å². The first-order chi connectivity index (χ1) is 19.4. The first-order valence-corrected chi connectivity index (χ1v) is 13.4. The Morgan fingerprint density at radius 2 is 1.80 bits per heavy atom. The highest BCUT2D eigenvalue weighted by Crippen LogP contribution is 2.38. The fourth-order valence-electron chi connectivity index (χ4n) is 4.99. The number of aromatic hydroxyl groups is 1. The summed E-state index contributed by atoms with van der Waals surface area (Å²) in [7, 11) is 0. The summed E-state index contributed by atoms with van der Waals surface area (Å²) in [5, 5.41) is 20.9. The number of phenolic OH excluding ortho intramolecular Hbond substituents is 1. The van der Waals surface area contributed by atoms with Crippen LogP contribution in [-0.2, 0) is 6.54 Å². The van der Waals surface area contributed by atoms with E-state index in [1.165, 1.54) is 16.8 Å². The Kier molecular flexibility index (Phi) is 8.10. The molecule has 1 aliphatic rings. The van der Waals surface area contributed by atoms with Crippen LogP contribution < -0.4 is 15.4 Å². The molecule has 4 aromatic rings. The van der Waals surface area contributed by atoms with Gasteiger partial charge in [-0.2, -0.15) is 9.78 Å². The van der Waals surface area contributed by atoms with Gasteiger partial charge in [0.2, 0.25) is 0 Å². The van der Waals surface area contributed by atoms with E-state index in [0.29, 0.717) is 40.4 Å². The molecule has 3 aromatic carbocycles. The lowest BCUT2D eigenvalue weighted by molar-refractivity contribution is 0.102. The van der Waals surface area contributed by atoms with E-state index in [0.717, 1.165) is 31.4 Å². The molecule has 9 heteroatoms. The Bertz CT molecular complexity index is 1510. The summed E-state index contributed by atoms with van der Waals surface area (Å²) in [4.78, 5) is 25.8. The number of halogens is 1. The van der Waals surface area contributed by atoms with E-state index in [1.54, 1.807) is 54.6 Å². The van der Waals surface area contributed by atoms with Crippen molar-refractivity contribution in [3.05, 3.63) is 95.4 Å². The normalized spacial score (nSPS) is 13.2. The summed E-state index contributed by atoms with van der Waals surface area (Å²) >= 11 is 0. The lowest BCUT2D eigenvalue weighted by Gasteiger charge is -2.12. The fraction of sp³-hybridized carbons (Fsp3) is 0.258. The summed E-state index contributed by atoms with van der Waals surface area (Å²) in [5.74, 6) is 0.0432. The maximum absolute atomic E-state index is 14.1. The number of nitrogens with zero attached hydrogens (tertiary/aromatic N) is 2. The Morgan fingerprint density at radius 3 is 2.50 bits per heavy atom. The average Bonchev–Trinajstić information content (AvgIpc) is 3.64. The molecule has 0 radical (unpaired) electrons. The zero-order chi connectivity index (χ0) is 28.1. The minimum atomic E-state index is -0.463. The molecule has 206 valence electrons. The molecule has 5 rings (SSSR count). The van der Waals surface area contributed by atoms with Crippen LogP contribution in [0.25, 0.3) is 11.3 Å². The molecule has 0 spiro atoms. The number of carbonyl (C=O) groups is 2. The molecule has 1 fully saturated rings. The van der Waals surface area contributed by atoms with Gasteiger partial charge in [0.25, 0.3) is 5.91 Å². The zero-order valence-corrected chi connectivity index (χ0v) is 22.2. The second kappa shape index (κ2) is 12.0. The molecule has 0 unspecified atom stereocenters. The van der Waals surface area contributed by atoms with Crippen LogP contribution in [0.2, 0.25) is 0 Å². The van der Waals surface area contributed by atoms with Gasteiger partial charge in [0.15, 0.2) is 0 Å². The van der Waals surface area contributed by atoms with E-state index in [4.69, 9.17) is 4.74 Å². The number of benzene rings is 3. The van der Waals surface area contributed by atoms with E-state index in [1.807, 2.05) is 13.0 Å². The number of rotatable bonds is 8. The van der Waals surface area contributed by atoms with Gasteiger partial charge in [-0.15, -0.1) is 0 Å². The highest BCUT2D eigenvalue weighted by atomic mass is 19.1. The third kappa shape index (κ3) is 5.98. The van der Waals surface area contributed by atoms with Crippen molar-refractivity contribution in [2.75, 3.05) is 11.9 Å². The predicted molar refractivity (Wildman–Crippen MR) is 150 cm³/mol. The summed E-state index contributed by atoms with van der Waals surface area (Å²) < 4.78 is 20.8. The number of ether oxygens (including phenoxy) is 1. The first-order valence-electron chi connectivity index (χ1n) is 13.4. The number of nitrogens with one attached hydrogen (secondary N) is 2. The quantitative estimate of drug-likeness (QED) is 0.237. The van der Waals surface area contributed by atoms with Crippen LogP contribution in [0, 0.1) is 5.82 Å². The Morgan fingerprint density at radius 1 is 1.05 bits per heavy atom. The smallest absolute Gasteiger partial charge is 0.342 e. The maximum atomic E-state index is 14.1. The number of amides is 2. The molecule has 3 N–H and O–H groups in total. The van der Waals surface area contributed by atoms with Crippen LogP contribution in [0.4, 0.5) is 14.9 Å². The highest BCUT2D eigenvalue weighted by Gasteiger charge is 2.26. The van der Waals surface area contributed by atoms with E-state index < -0.39 is 6.03 Å². The van der Waals surface area contributed by atoms with Gasteiger partial charge in [0, 0.05) is 40.9 Å². The Balaban J connectivity index is 1.35. The van der Waals surface area contributed by atoms with Crippen LogP contribution in [-0.4, -0.2) is 33.4 Å². The molecule has 0 saturated heterocycles. The number of hydrogen-bond acceptors (Lipinski definition) is 5. The minimum Gasteiger partial charge on any atom is -0.507 e. The zero-order valence-electron chi connectivity index (χ0n) is 22.2. The van der Waals surface area contributed by atoms with Gasteiger partial charge in [-0.1, -0.05) is 31.0 Å². The highest BCUT2D eigenvalue weighted by molar-refractivity contribution is 6.04. The van der Waals surface area contributed by atoms with Crippen LogP contribution in [0.5, 0.6) is 11.5 Å². The largest absolute Gasteiger partial charge is 0.507 e. The van der Waals surface area contributed by atoms with Gasteiger partial charge in [-0.3, -0.25) is 4.79 Å². The molecule has 1 heterocycles. The van der Waals surface area contributed by atoms with Crippen molar-refractivity contribution < 1.29 is 23.8 Å². The van der Waals surface area contributed by atoms with E-state index in [-0.39, 0.29) is 29.9 Å². The van der Waals surface area contributed by atoms with Gasteiger partial charge in [0.1, 0.15) is 17.3 Å². The van der Waals surface area contributed by atoms with Crippen molar-refractivity contribution in [1.82, 2.24) is 15.1 Å². The molecule has 2 amide bonds. The minimum absolute atomic E-state index is 0.0266. The molecule has 0 aliphatic heterocycles. The average molecular weight is 543 g/mol. The van der Waals surface area contributed by atoms with E-state index in [2.05, 4.69) is 15.7 Å². The molecule has 1 saturated carbocycles. The number of aromatic nitrogens is 2. The van der Waals surface area contributed by atoms with Crippen LogP contribution in [0.15, 0.2) is 72.8 Å². The molecule has 1 aromatic heterocycles. The predicted octanol–water partition coefficient (Wildman–Crippen LogP) is 6.46. The number of anilines is 1. The van der Waals surface area contributed by atoms with Crippen molar-refractivity contribution in [1.29, 1.82) is 0 Å². The van der Waals surface area contributed by atoms with Crippen molar-refractivity contribution in [3.8, 4) is 22.8 Å². The third-order valence-electron chi connectivity index (χ3n) is 7.05. The van der Waals surface area contributed by atoms with Crippen molar-refractivity contribution >= 4 is 17.6 Å². The van der Waals surface area contributed by atoms with E-state index in [9.17, 15) is 19.1 Å². The summed E-state index contributed by atoms with van der Waals surface area (Å²) in [6.07, 6.45) is 4.01. The van der Waals surface area contributed by atoms with Gasteiger partial charge in [-0.05, 0) is 68.3 Å². The van der Waals surface area contributed by atoms with Crippen LogP contribution >= 0.6 is 0 Å². The number of carbonyl (C=O) groups excluding carboxylic acids is 2. The van der Waals surface area contributed by atoms with Gasteiger partial charge >= 0.3 is 6.03 Å². The second-order valence-electron chi connectivity index (χ2n) is 9.74. The van der Waals surface area contributed by atoms with Crippen molar-refractivity contribution in [3.63, 3.8) is 0 Å². The standard InChI is InChI=1S/C31H31FN4O4/c1-2-40-24-14-11-21(12-15-24)30(38)34-23-13-16-25(29(37)17-23)27-18-28(20-7-3-4-8-20)36(35-27)31(39)33-19-22-9-5-6-10-26(22)32/h5-6,9-18,20,37H,2-4,7-8,19H2,1H3,(H,33,39)(H,34,38). The van der Waals surface area contributed by atoms with Gasteiger partial charge in [-0.25, -0.2) is 9.18 Å². The van der Waals surface area contributed by atoms with Gasteiger partial charge < -0.3 is 20.5 Å². The summed E-state index contributed by atoms with van der Waals surface area (Å²) in [6, 6.07) is 19.2. The van der Waals surface area contributed by atoms with Crippen LogP contribution in [0.3, 0.4) is 0 Å². The monoisotopic (exact) mass is 542 g/mol. The summed E-state index contributed by atoms with van der Waals surface area (Å²) in [6.45, 7) is 2.45. The van der Waals surface area contributed by atoms with Gasteiger partial charge in [0.05, 0.1) is 18.0 Å². The molecule has 0 atom stereocenters. The molecular weight excluding hydrogens is 511 g/mol. The second-order valence-corrected chi connectivity index (χ2v) is 9.74. The molecule has 1 aliphatic carbocycles. The summed E-state index contributed by atoms with van der Waals surface area (Å²) in [5.41, 5.74) is 2.87. The SMILES string of the molecule is CCOc1ccc(C(=O)Nc2ccc(-c3cc(C4CCCC4)n(C(=O)NCc4ccccc4F)n3)c(O)c2)cc1. The number of phenols is 1. The van der Waals surface area contributed by atoms with E-state index >= 15 is 0 Å². The van der Waals surface area contributed by atoms with Crippen LogP contribution in [0.1, 0.15) is 60.1 Å². The maximum Gasteiger partial charge on any atom is 0.342 e. The lowest BCUT2D eigenvalue weighted by Crippen LogP contribution is -2.31. The molecular formula is C31H31FN4O4.